The van der Waals surface area contributed by atoms with Crippen LogP contribution in [0.3, 0.4) is 0 Å². The molecule has 1 aromatic rings. The van der Waals surface area contributed by atoms with Crippen LogP contribution >= 0.6 is 0 Å². The van der Waals surface area contributed by atoms with Crippen molar-refractivity contribution in [3.05, 3.63) is 18.0 Å². The molecule has 2 bridgehead atoms. The number of nitrogens with zero attached hydrogens (tertiary/aromatic N) is 2. The van der Waals surface area contributed by atoms with Crippen molar-refractivity contribution in [2.45, 2.75) is 45.2 Å². The van der Waals surface area contributed by atoms with Gasteiger partial charge in [-0.15, -0.1) is 0 Å². The predicted molar refractivity (Wildman–Crippen MR) is 73.9 cm³/mol. The van der Waals surface area contributed by atoms with Crippen molar-refractivity contribution in [1.29, 1.82) is 0 Å². The van der Waals surface area contributed by atoms with E-state index in [1.807, 2.05) is 6.20 Å². The first-order chi connectivity index (χ1) is 9.35. The fourth-order valence-electron chi connectivity index (χ4n) is 5.24. The molecule has 0 amide bonds. The third-order valence-electron chi connectivity index (χ3n) is 5.86. The van der Waals surface area contributed by atoms with E-state index in [2.05, 4.69) is 28.2 Å². The van der Waals surface area contributed by atoms with Gasteiger partial charge in [0.2, 0.25) is 0 Å². The van der Waals surface area contributed by atoms with Gasteiger partial charge in [0, 0.05) is 12.7 Å². The summed E-state index contributed by atoms with van der Waals surface area (Å²) in [6, 6.07) is 2.46. The minimum atomic E-state index is 0.312. The molecule has 3 aliphatic rings. The number of fused-ring (bicyclic) bond motifs is 5. The average molecular weight is 260 g/mol. The molecule has 0 aliphatic heterocycles. The number of aromatic nitrogens is 2. The third-order valence-corrected chi connectivity index (χ3v) is 5.86. The molecule has 3 fully saturated rings. The van der Waals surface area contributed by atoms with E-state index in [0.717, 1.165) is 42.6 Å². The molecule has 0 aromatic carbocycles. The third kappa shape index (κ3) is 1.62. The van der Waals surface area contributed by atoms with Gasteiger partial charge >= 0.3 is 0 Å². The van der Waals surface area contributed by atoms with Gasteiger partial charge < -0.3 is 0 Å². The second kappa shape index (κ2) is 4.32. The molecule has 0 spiro atoms. The van der Waals surface area contributed by atoms with Gasteiger partial charge in [-0.1, -0.05) is 6.92 Å². The Balaban J connectivity index is 1.57. The molecule has 5 unspecified atom stereocenters. The minimum absolute atomic E-state index is 0.312. The van der Waals surface area contributed by atoms with Crippen LogP contribution in [0.4, 0.5) is 0 Å². The van der Waals surface area contributed by atoms with Crippen LogP contribution in [0.2, 0.25) is 0 Å². The Morgan fingerprint density at radius 1 is 1.42 bits per heavy atom. The molecule has 1 aromatic heterocycles. The van der Waals surface area contributed by atoms with Gasteiger partial charge in [0.1, 0.15) is 0 Å². The lowest BCUT2D eigenvalue weighted by atomic mass is 9.96. The number of nitrogens with one attached hydrogen (secondary N) is 1. The van der Waals surface area contributed by atoms with Gasteiger partial charge in [-0.2, -0.15) is 5.10 Å². The highest BCUT2D eigenvalue weighted by Gasteiger charge is 2.67. The number of rotatable bonds is 5. The van der Waals surface area contributed by atoms with E-state index in [1.54, 1.807) is 0 Å². The molecule has 5 atom stereocenters. The molecule has 19 heavy (non-hydrogen) atoms. The Hall–Kier alpha value is -0.870. The minimum Gasteiger partial charge on any atom is -0.271 e. The highest BCUT2D eigenvalue weighted by molar-refractivity contribution is 5.21. The maximum atomic E-state index is 5.89. The normalized spacial score (nSPS) is 40.4. The first kappa shape index (κ1) is 11.9. The summed E-state index contributed by atoms with van der Waals surface area (Å²) in [5.74, 6) is 10.6. The van der Waals surface area contributed by atoms with Crippen LogP contribution in [0.5, 0.6) is 0 Å². The highest BCUT2D eigenvalue weighted by atomic mass is 15.3. The fourth-order valence-corrected chi connectivity index (χ4v) is 5.24. The van der Waals surface area contributed by atoms with Crippen molar-refractivity contribution in [3.63, 3.8) is 0 Å². The molecular formula is C15H24N4. The first-order valence-corrected chi connectivity index (χ1v) is 7.83. The van der Waals surface area contributed by atoms with E-state index >= 15 is 0 Å². The fraction of sp³-hybridized carbons (Fsp3) is 0.800. The molecule has 1 heterocycles. The molecule has 0 saturated heterocycles. The van der Waals surface area contributed by atoms with Crippen LogP contribution in [0.1, 0.15) is 44.3 Å². The number of nitrogens with two attached hydrogens (primary N) is 1. The summed E-state index contributed by atoms with van der Waals surface area (Å²) in [5, 5.41) is 4.45. The summed E-state index contributed by atoms with van der Waals surface area (Å²) in [5.41, 5.74) is 4.40. The van der Waals surface area contributed by atoms with Crippen LogP contribution < -0.4 is 11.3 Å². The zero-order valence-corrected chi connectivity index (χ0v) is 11.6. The van der Waals surface area contributed by atoms with Gasteiger partial charge in [-0.3, -0.25) is 16.0 Å². The van der Waals surface area contributed by atoms with Gasteiger partial charge in [0.25, 0.3) is 0 Å². The van der Waals surface area contributed by atoms with Gasteiger partial charge in [-0.05, 0) is 61.3 Å². The monoisotopic (exact) mass is 260 g/mol. The smallest absolute Gasteiger partial charge is 0.0662 e. The van der Waals surface area contributed by atoms with E-state index < -0.39 is 0 Å². The van der Waals surface area contributed by atoms with Crippen molar-refractivity contribution in [3.8, 4) is 0 Å². The van der Waals surface area contributed by atoms with E-state index in [9.17, 15) is 0 Å². The summed E-state index contributed by atoms with van der Waals surface area (Å²) in [4.78, 5) is 0. The first-order valence-electron chi connectivity index (χ1n) is 7.83. The van der Waals surface area contributed by atoms with E-state index in [4.69, 9.17) is 5.84 Å². The number of hydrazine groups is 1. The zero-order chi connectivity index (χ0) is 13.0. The molecule has 3 N–H and O–H groups in total. The largest absolute Gasteiger partial charge is 0.271 e. The van der Waals surface area contributed by atoms with Crippen molar-refractivity contribution in [2.75, 3.05) is 0 Å². The topological polar surface area (TPSA) is 55.9 Å². The van der Waals surface area contributed by atoms with E-state index in [-0.39, 0.29) is 0 Å². The lowest BCUT2D eigenvalue weighted by Crippen LogP contribution is -2.33. The molecular weight excluding hydrogens is 236 g/mol. The Labute approximate surface area is 114 Å². The number of hydrogen-bond donors (Lipinski definition) is 2. The Morgan fingerprint density at radius 3 is 2.79 bits per heavy atom. The summed E-state index contributed by atoms with van der Waals surface area (Å²) < 4.78 is 2.14. The van der Waals surface area contributed by atoms with Crippen LogP contribution in [0.25, 0.3) is 0 Å². The number of aryl methyl sites for hydroxylation is 1. The molecule has 4 heteroatoms. The van der Waals surface area contributed by atoms with Gasteiger partial charge in [0.05, 0.1) is 11.7 Å². The zero-order valence-electron chi connectivity index (χ0n) is 11.6. The SMILES string of the molecule is CCCn1nccc1C(NN)C1C2C3CCC(C3)C21. The summed E-state index contributed by atoms with van der Waals surface area (Å²) in [6.07, 6.45) is 7.47. The molecule has 3 saturated carbocycles. The summed E-state index contributed by atoms with van der Waals surface area (Å²) in [6.45, 7) is 3.19. The Morgan fingerprint density at radius 2 is 2.16 bits per heavy atom. The standard InChI is InChI=1S/C15H24N4/c1-2-7-19-11(5-6-17-19)15(18-16)14-12-9-3-4-10(8-9)13(12)14/h5-6,9-10,12-15,18H,2-4,7-8,16H2,1H3. The van der Waals surface area contributed by atoms with Crippen molar-refractivity contribution < 1.29 is 0 Å². The summed E-state index contributed by atoms with van der Waals surface area (Å²) >= 11 is 0. The quantitative estimate of drug-likeness (QED) is 0.629. The van der Waals surface area contributed by atoms with Crippen molar-refractivity contribution in [1.82, 2.24) is 15.2 Å². The summed E-state index contributed by atoms with van der Waals surface area (Å²) in [7, 11) is 0. The van der Waals surface area contributed by atoms with Crippen molar-refractivity contribution in [2.24, 2.45) is 35.4 Å². The van der Waals surface area contributed by atoms with E-state index in [0.29, 0.717) is 6.04 Å². The highest BCUT2D eigenvalue weighted by Crippen LogP contribution is 2.72. The molecule has 3 aliphatic carbocycles. The van der Waals surface area contributed by atoms with Crippen LogP contribution in [-0.4, -0.2) is 9.78 Å². The Bertz CT molecular complexity index is 452. The molecule has 4 rings (SSSR count). The van der Waals surface area contributed by atoms with Gasteiger partial charge in [0.15, 0.2) is 0 Å². The van der Waals surface area contributed by atoms with Crippen LogP contribution in [0.15, 0.2) is 12.3 Å². The maximum Gasteiger partial charge on any atom is 0.0662 e. The molecule has 104 valence electrons. The lowest BCUT2D eigenvalue weighted by Gasteiger charge is -2.21. The maximum absolute atomic E-state index is 5.89. The predicted octanol–water partition coefficient (Wildman–Crippen LogP) is 2.09. The van der Waals surface area contributed by atoms with Crippen molar-refractivity contribution >= 4 is 0 Å². The van der Waals surface area contributed by atoms with Crippen LogP contribution in [0, 0.1) is 29.6 Å². The lowest BCUT2D eigenvalue weighted by molar-refractivity contribution is 0.355. The molecule has 4 nitrogen and oxygen atoms in total. The second-order valence-electron chi connectivity index (χ2n) is 6.69. The number of hydrogen-bond acceptors (Lipinski definition) is 3. The van der Waals surface area contributed by atoms with Crippen LogP contribution in [-0.2, 0) is 6.54 Å². The Kier molecular flexibility index (Phi) is 2.71. The second-order valence-corrected chi connectivity index (χ2v) is 6.69. The van der Waals surface area contributed by atoms with E-state index in [1.165, 1.54) is 25.0 Å². The average Bonchev–Trinajstić information content (AvgIpc) is 2.81. The molecule has 0 radical (unpaired) electrons. The van der Waals surface area contributed by atoms with Gasteiger partial charge in [-0.25, -0.2) is 0 Å².